The van der Waals surface area contributed by atoms with E-state index >= 15 is 0 Å². The molecule has 0 aliphatic carbocycles. The van der Waals surface area contributed by atoms with Crippen LogP contribution in [-0.4, -0.2) is 33.5 Å². The maximum atomic E-state index is 12.5. The van der Waals surface area contributed by atoms with Gasteiger partial charge >= 0.3 is 0 Å². The number of carbonyl (C=O) groups is 1. The second kappa shape index (κ2) is 7.15. The van der Waals surface area contributed by atoms with Crippen LogP contribution in [0.5, 0.6) is 0 Å². The first kappa shape index (κ1) is 16.7. The van der Waals surface area contributed by atoms with Crippen LogP contribution in [0.4, 0.5) is 0 Å². The second-order valence-corrected chi connectivity index (χ2v) is 7.93. The zero-order valence-electron chi connectivity index (χ0n) is 13.2. The van der Waals surface area contributed by atoms with Crippen molar-refractivity contribution >= 4 is 15.7 Å². The highest BCUT2D eigenvalue weighted by atomic mass is 32.2. The van der Waals surface area contributed by atoms with Crippen molar-refractivity contribution in [3.05, 3.63) is 65.7 Å². The molecule has 1 aliphatic rings. The van der Waals surface area contributed by atoms with Gasteiger partial charge in [0.1, 0.15) is 0 Å². The topological polar surface area (TPSA) is 75.3 Å². The Balaban J connectivity index is 1.74. The van der Waals surface area contributed by atoms with E-state index in [4.69, 9.17) is 0 Å². The third-order valence-electron chi connectivity index (χ3n) is 4.04. The van der Waals surface area contributed by atoms with Crippen molar-refractivity contribution in [2.45, 2.75) is 23.1 Å². The Morgan fingerprint density at radius 2 is 1.92 bits per heavy atom. The first-order chi connectivity index (χ1) is 11.5. The van der Waals surface area contributed by atoms with Crippen molar-refractivity contribution in [3.63, 3.8) is 0 Å². The molecular formula is C18H20N2O3S. The molecule has 1 fully saturated rings. The van der Waals surface area contributed by atoms with Crippen LogP contribution < -0.4 is 10.6 Å². The van der Waals surface area contributed by atoms with Crippen molar-refractivity contribution in [2.75, 3.05) is 13.1 Å². The molecule has 1 amide bonds. The number of nitrogens with one attached hydrogen (secondary N) is 2. The molecule has 2 aromatic rings. The molecule has 0 bridgehead atoms. The van der Waals surface area contributed by atoms with E-state index in [1.54, 1.807) is 54.6 Å². The first-order valence-corrected chi connectivity index (χ1v) is 9.58. The fraction of sp³-hybridized carbons (Fsp3) is 0.278. The molecule has 0 spiro atoms. The lowest BCUT2D eigenvalue weighted by Crippen LogP contribution is -2.36. The van der Waals surface area contributed by atoms with Crippen LogP contribution in [0.3, 0.4) is 0 Å². The number of sulfone groups is 1. The third-order valence-corrected chi connectivity index (χ3v) is 5.75. The summed E-state index contributed by atoms with van der Waals surface area (Å²) in [5, 5.41) is 6.16. The van der Waals surface area contributed by atoms with E-state index in [1.807, 2.05) is 0 Å². The molecule has 1 aliphatic heterocycles. The predicted octanol–water partition coefficient (Wildman–Crippen LogP) is 1.75. The summed E-state index contributed by atoms with van der Waals surface area (Å²) in [5.74, 6) is -0.286. The first-order valence-electron chi connectivity index (χ1n) is 7.93. The van der Waals surface area contributed by atoms with Crippen molar-refractivity contribution in [3.8, 4) is 0 Å². The molecule has 3 rings (SSSR count). The maximum Gasteiger partial charge on any atom is 0.251 e. The Labute approximate surface area is 142 Å². The predicted molar refractivity (Wildman–Crippen MR) is 92.5 cm³/mol. The van der Waals surface area contributed by atoms with Crippen LogP contribution in [0.1, 0.15) is 22.3 Å². The average molecular weight is 344 g/mol. The van der Waals surface area contributed by atoms with Gasteiger partial charge in [0.15, 0.2) is 9.84 Å². The highest BCUT2D eigenvalue weighted by molar-refractivity contribution is 7.90. The molecular weight excluding hydrogens is 324 g/mol. The van der Waals surface area contributed by atoms with Crippen LogP contribution in [-0.2, 0) is 15.6 Å². The minimum Gasteiger partial charge on any atom is -0.348 e. The molecule has 5 nitrogen and oxygen atoms in total. The average Bonchev–Trinajstić information content (AvgIpc) is 3.08. The quantitative estimate of drug-likeness (QED) is 0.867. The summed E-state index contributed by atoms with van der Waals surface area (Å²) in [6.07, 6.45) is 0.911. The number of hydrogen-bond acceptors (Lipinski definition) is 4. The summed E-state index contributed by atoms with van der Waals surface area (Å²) in [6.45, 7) is 1.67. The van der Waals surface area contributed by atoms with E-state index in [0.717, 1.165) is 19.5 Å². The highest BCUT2D eigenvalue weighted by Gasteiger charge is 2.19. The van der Waals surface area contributed by atoms with E-state index in [0.29, 0.717) is 11.1 Å². The number of benzene rings is 2. The van der Waals surface area contributed by atoms with E-state index in [2.05, 4.69) is 10.6 Å². The molecule has 1 heterocycles. The van der Waals surface area contributed by atoms with Gasteiger partial charge in [-0.2, -0.15) is 0 Å². The molecule has 2 aromatic carbocycles. The van der Waals surface area contributed by atoms with Crippen molar-refractivity contribution < 1.29 is 13.2 Å². The number of amides is 1. The molecule has 1 saturated heterocycles. The Kier molecular flexibility index (Phi) is 4.97. The van der Waals surface area contributed by atoms with Crippen molar-refractivity contribution in [1.29, 1.82) is 0 Å². The van der Waals surface area contributed by atoms with E-state index < -0.39 is 9.84 Å². The van der Waals surface area contributed by atoms with Gasteiger partial charge in [0.25, 0.3) is 5.91 Å². The normalized spacial score (nSPS) is 17.6. The van der Waals surface area contributed by atoms with Gasteiger partial charge in [-0.3, -0.25) is 4.79 Å². The maximum absolute atomic E-state index is 12.5. The molecule has 0 aromatic heterocycles. The lowest BCUT2D eigenvalue weighted by Gasteiger charge is -2.12. The summed E-state index contributed by atoms with van der Waals surface area (Å²) >= 11 is 0. The van der Waals surface area contributed by atoms with E-state index in [-0.39, 0.29) is 22.6 Å². The molecule has 1 atom stereocenters. The largest absolute Gasteiger partial charge is 0.348 e. The fourth-order valence-corrected chi connectivity index (χ4v) is 4.14. The SMILES string of the molecule is O=C(NC1CCNC1)c1cccc(CS(=O)(=O)c2ccccc2)c1. The van der Waals surface area contributed by atoms with Gasteiger partial charge in [-0.05, 0) is 42.8 Å². The lowest BCUT2D eigenvalue weighted by molar-refractivity contribution is 0.0940. The van der Waals surface area contributed by atoms with E-state index in [9.17, 15) is 13.2 Å². The zero-order valence-corrected chi connectivity index (χ0v) is 14.1. The van der Waals surface area contributed by atoms with Crippen LogP contribution in [0.15, 0.2) is 59.5 Å². The summed E-state index contributed by atoms with van der Waals surface area (Å²) < 4.78 is 24.9. The minimum absolute atomic E-state index is 0.122. The van der Waals surface area contributed by atoms with Crippen LogP contribution in [0.2, 0.25) is 0 Å². The molecule has 1 unspecified atom stereocenters. The van der Waals surface area contributed by atoms with Crippen LogP contribution in [0.25, 0.3) is 0 Å². The third kappa shape index (κ3) is 4.01. The Bertz CT molecular complexity index is 813. The number of hydrogen-bond donors (Lipinski definition) is 2. The lowest BCUT2D eigenvalue weighted by atomic mass is 10.1. The van der Waals surface area contributed by atoms with Gasteiger partial charge in [-0.1, -0.05) is 30.3 Å². The molecule has 6 heteroatoms. The molecule has 24 heavy (non-hydrogen) atoms. The summed E-state index contributed by atoms with van der Waals surface area (Å²) in [4.78, 5) is 12.6. The second-order valence-electron chi connectivity index (χ2n) is 5.94. The van der Waals surface area contributed by atoms with E-state index in [1.165, 1.54) is 0 Å². The minimum atomic E-state index is -3.42. The summed E-state index contributed by atoms with van der Waals surface area (Å²) in [5.41, 5.74) is 1.10. The number of carbonyl (C=O) groups excluding carboxylic acids is 1. The monoisotopic (exact) mass is 344 g/mol. The van der Waals surface area contributed by atoms with Gasteiger partial charge in [-0.25, -0.2) is 8.42 Å². The Morgan fingerprint density at radius 3 is 2.62 bits per heavy atom. The van der Waals surface area contributed by atoms with Crippen LogP contribution in [0, 0.1) is 0 Å². The van der Waals surface area contributed by atoms with Crippen molar-refractivity contribution in [1.82, 2.24) is 10.6 Å². The zero-order chi connectivity index (χ0) is 17.0. The van der Waals surface area contributed by atoms with Gasteiger partial charge in [0.2, 0.25) is 0 Å². The highest BCUT2D eigenvalue weighted by Crippen LogP contribution is 2.17. The van der Waals surface area contributed by atoms with Crippen LogP contribution >= 0.6 is 0 Å². The molecule has 126 valence electrons. The Hall–Kier alpha value is -2.18. The molecule has 0 radical (unpaired) electrons. The van der Waals surface area contributed by atoms with Gasteiger partial charge < -0.3 is 10.6 Å². The smallest absolute Gasteiger partial charge is 0.251 e. The van der Waals surface area contributed by atoms with Gasteiger partial charge in [0, 0.05) is 18.2 Å². The van der Waals surface area contributed by atoms with Gasteiger partial charge in [0.05, 0.1) is 10.6 Å². The van der Waals surface area contributed by atoms with Crippen molar-refractivity contribution in [2.24, 2.45) is 0 Å². The fourth-order valence-electron chi connectivity index (χ4n) is 2.78. The molecule has 0 saturated carbocycles. The molecule has 2 N–H and O–H groups in total. The van der Waals surface area contributed by atoms with Gasteiger partial charge in [-0.15, -0.1) is 0 Å². The Morgan fingerprint density at radius 1 is 1.12 bits per heavy atom. The summed E-state index contributed by atoms with van der Waals surface area (Å²) in [6, 6.07) is 15.3. The standard InChI is InChI=1S/C18H20N2O3S/c21-18(20-16-9-10-19-12-16)15-6-4-5-14(11-15)13-24(22,23)17-7-2-1-3-8-17/h1-8,11,16,19H,9-10,12-13H2,(H,20,21). The summed E-state index contributed by atoms with van der Waals surface area (Å²) in [7, 11) is -3.42. The number of rotatable bonds is 5.